The number of nitrogens with zero attached hydrogens (tertiary/aromatic N) is 2. The number of aromatic nitrogens is 1. The summed E-state index contributed by atoms with van der Waals surface area (Å²) in [6.45, 7) is 2.30. The van der Waals surface area contributed by atoms with Gasteiger partial charge in [0.1, 0.15) is 10.0 Å². The lowest BCUT2D eigenvalue weighted by atomic mass is 10.1. The van der Waals surface area contributed by atoms with Crippen LogP contribution < -0.4 is 9.62 Å². The molecule has 5 nitrogen and oxygen atoms in total. The third-order valence-electron chi connectivity index (χ3n) is 3.77. The highest BCUT2D eigenvalue weighted by Gasteiger charge is 2.17. The zero-order chi connectivity index (χ0) is 16.3. The van der Waals surface area contributed by atoms with E-state index in [9.17, 15) is 8.42 Å². The second-order valence-electron chi connectivity index (χ2n) is 5.45. The van der Waals surface area contributed by atoms with E-state index in [1.54, 1.807) is 18.3 Å². The number of nitrogens with one attached hydrogen (secondary N) is 1. The number of sulfonamides is 1. The van der Waals surface area contributed by atoms with E-state index in [1.165, 1.54) is 30.6 Å². The average Bonchev–Trinajstić information content (AvgIpc) is 3.02. The number of piperidine rings is 1. The van der Waals surface area contributed by atoms with E-state index in [-0.39, 0.29) is 6.54 Å². The number of thiophene rings is 1. The summed E-state index contributed by atoms with van der Waals surface area (Å²) in [4.78, 5) is 6.68. The molecule has 8 heteroatoms. The van der Waals surface area contributed by atoms with E-state index >= 15 is 0 Å². The van der Waals surface area contributed by atoms with E-state index in [0.29, 0.717) is 4.21 Å². The molecule has 1 saturated heterocycles. The summed E-state index contributed by atoms with van der Waals surface area (Å²) in [5.74, 6) is 0.931. The zero-order valence-electron chi connectivity index (χ0n) is 12.5. The first-order valence-corrected chi connectivity index (χ1v) is 10.6. The van der Waals surface area contributed by atoms with Crippen LogP contribution in [0.2, 0.25) is 0 Å². The Morgan fingerprint density at radius 1 is 1.22 bits per heavy atom. The predicted molar refractivity (Wildman–Crippen MR) is 96.3 cm³/mol. The summed E-state index contributed by atoms with van der Waals surface area (Å²) < 4.78 is 28.3. The third kappa shape index (κ3) is 4.32. The summed E-state index contributed by atoms with van der Waals surface area (Å²) in [6, 6.07) is 7.15. The number of anilines is 1. The van der Waals surface area contributed by atoms with Crippen LogP contribution >= 0.6 is 27.3 Å². The van der Waals surface area contributed by atoms with Crippen LogP contribution in [-0.2, 0) is 16.6 Å². The van der Waals surface area contributed by atoms with Crippen LogP contribution in [0.25, 0.3) is 0 Å². The van der Waals surface area contributed by atoms with Gasteiger partial charge in [0.2, 0.25) is 10.0 Å². The molecule has 0 radical (unpaired) electrons. The number of hydrogen-bond donors (Lipinski definition) is 1. The van der Waals surface area contributed by atoms with Gasteiger partial charge >= 0.3 is 0 Å². The molecular formula is C15H18BrN3O2S2. The monoisotopic (exact) mass is 415 g/mol. The molecule has 0 aliphatic carbocycles. The van der Waals surface area contributed by atoms with Crippen molar-refractivity contribution in [3.63, 3.8) is 0 Å². The Balaban J connectivity index is 1.68. The summed E-state index contributed by atoms with van der Waals surface area (Å²) in [6.07, 6.45) is 5.39. The van der Waals surface area contributed by atoms with Crippen molar-refractivity contribution in [1.82, 2.24) is 9.71 Å². The normalized spacial score (nSPS) is 15.8. The Kier molecular flexibility index (Phi) is 5.35. The highest BCUT2D eigenvalue weighted by molar-refractivity contribution is 9.11. The number of hydrogen-bond acceptors (Lipinski definition) is 5. The van der Waals surface area contributed by atoms with E-state index in [4.69, 9.17) is 0 Å². The SMILES string of the molecule is O=S(=O)(NCc1ccnc(N2CCCCC2)c1)c1ccc(Br)s1. The van der Waals surface area contributed by atoms with E-state index in [1.807, 2.05) is 12.1 Å². The molecule has 23 heavy (non-hydrogen) atoms. The summed E-state index contributed by atoms with van der Waals surface area (Å²) in [5, 5.41) is 0. The van der Waals surface area contributed by atoms with Crippen LogP contribution in [0.3, 0.4) is 0 Å². The summed E-state index contributed by atoms with van der Waals surface area (Å²) in [7, 11) is -3.47. The fourth-order valence-electron chi connectivity index (χ4n) is 2.56. The Bertz CT molecular complexity index is 771. The molecule has 0 aromatic carbocycles. The van der Waals surface area contributed by atoms with E-state index in [0.717, 1.165) is 28.3 Å². The molecule has 3 rings (SSSR count). The lowest BCUT2D eigenvalue weighted by Crippen LogP contribution is -2.30. The Morgan fingerprint density at radius 2 is 2.00 bits per heavy atom. The maximum Gasteiger partial charge on any atom is 0.250 e. The molecule has 0 unspecified atom stereocenters. The molecule has 2 aromatic heterocycles. The molecule has 0 atom stereocenters. The smallest absolute Gasteiger partial charge is 0.250 e. The molecule has 3 heterocycles. The number of rotatable bonds is 5. The van der Waals surface area contributed by atoms with Crippen LogP contribution in [-0.4, -0.2) is 26.5 Å². The zero-order valence-corrected chi connectivity index (χ0v) is 15.8. The van der Waals surface area contributed by atoms with Crippen LogP contribution in [0.1, 0.15) is 24.8 Å². The maximum atomic E-state index is 12.3. The average molecular weight is 416 g/mol. The van der Waals surface area contributed by atoms with Gasteiger partial charge in [0.05, 0.1) is 3.79 Å². The fourth-order valence-corrected chi connectivity index (χ4v) is 5.63. The van der Waals surface area contributed by atoms with Gasteiger partial charge in [0, 0.05) is 25.8 Å². The lowest BCUT2D eigenvalue weighted by Gasteiger charge is -2.27. The van der Waals surface area contributed by atoms with Gasteiger partial charge in [-0.15, -0.1) is 11.3 Å². The van der Waals surface area contributed by atoms with Crippen molar-refractivity contribution in [2.24, 2.45) is 0 Å². The van der Waals surface area contributed by atoms with E-state index < -0.39 is 10.0 Å². The first kappa shape index (κ1) is 16.9. The molecule has 1 fully saturated rings. The van der Waals surface area contributed by atoms with Gasteiger partial charge in [-0.3, -0.25) is 0 Å². The highest BCUT2D eigenvalue weighted by atomic mass is 79.9. The van der Waals surface area contributed by atoms with Crippen LogP contribution in [0.4, 0.5) is 5.82 Å². The Morgan fingerprint density at radius 3 is 2.70 bits per heavy atom. The van der Waals surface area contributed by atoms with Gasteiger partial charge in [-0.25, -0.2) is 18.1 Å². The molecule has 2 aromatic rings. The van der Waals surface area contributed by atoms with Crippen molar-refractivity contribution >= 4 is 43.1 Å². The van der Waals surface area contributed by atoms with Crippen LogP contribution in [0, 0.1) is 0 Å². The summed E-state index contributed by atoms with van der Waals surface area (Å²) in [5.41, 5.74) is 0.916. The Hall–Kier alpha value is -0.960. The quantitative estimate of drug-likeness (QED) is 0.812. The second-order valence-corrected chi connectivity index (χ2v) is 9.91. The molecule has 1 aliphatic heterocycles. The topological polar surface area (TPSA) is 62.3 Å². The van der Waals surface area contributed by atoms with Crippen LogP contribution in [0.15, 0.2) is 38.5 Å². The molecular weight excluding hydrogens is 398 g/mol. The molecule has 0 amide bonds. The largest absolute Gasteiger partial charge is 0.357 e. The molecule has 0 saturated carbocycles. The van der Waals surface area contributed by atoms with Gasteiger partial charge in [0.15, 0.2) is 0 Å². The molecule has 0 bridgehead atoms. The first-order valence-electron chi connectivity index (χ1n) is 7.49. The number of halogens is 1. The van der Waals surface area contributed by atoms with Crippen molar-refractivity contribution < 1.29 is 8.42 Å². The third-order valence-corrected chi connectivity index (χ3v) is 7.29. The van der Waals surface area contributed by atoms with Gasteiger partial charge in [0.25, 0.3) is 0 Å². The minimum absolute atomic E-state index is 0.265. The van der Waals surface area contributed by atoms with Gasteiger partial charge in [-0.2, -0.15) is 0 Å². The van der Waals surface area contributed by atoms with Crippen molar-refractivity contribution in [3.8, 4) is 0 Å². The maximum absolute atomic E-state index is 12.3. The standard InChI is InChI=1S/C15H18BrN3O2S2/c16-13-4-5-15(22-13)23(20,21)18-11-12-6-7-17-14(10-12)19-8-2-1-3-9-19/h4-7,10,18H,1-3,8-9,11H2. The van der Waals surface area contributed by atoms with Crippen LogP contribution in [0.5, 0.6) is 0 Å². The second kappa shape index (κ2) is 7.29. The highest BCUT2D eigenvalue weighted by Crippen LogP contribution is 2.26. The lowest BCUT2D eigenvalue weighted by molar-refractivity contribution is 0.573. The first-order chi connectivity index (χ1) is 11.0. The number of pyridine rings is 1. The molecule has 1 N–H and O–H groups in total. The molecule has 1 aliphatic rings. The Labute approximate surface area is 148 Å². The van der Waals surface area contributed by atoms with Gasteiger partial charge in [-0.05, 0) is 65.0 Å². The van der Waals surface area contributed by atoms with Crippen molar-refractivity contribution in [3.05, 3.63) is 39.8 Å². The predicted octanol–water partition coefficient (Wildman–Crippen LogP) is 3.37. The van der Waals surface area contributed by atoms with Crippen molar-refractivity contribution in [2.75, 3.05) is 18.0 Å². The van der Waals surface area contributed by atoms with Crippen molar-refractivity contribution in [2.45, 2.75) is 30.0 Å². The molecule has 0 spiro atoms. The fraction of sp³-hybridized carbons (Fsp3) is 0.400. The molecule has 124 valence electrons. The summed E-state index contributed by atoms with van der Waals surface area (Å²) >= 11 is 4.49. The van der Waals surface area contributed by atoms with Crippen molar-refractivity contribution in [1.29, 1.82) is 0 Å². The minimum Gasteiger partial charge on any atom is -0.357 e. The van der Waals surface area contributed by atoms with E-state index in [2.05, 4.69) is 30.5 Å². The van der Waals surface area contributed by atoms with Gasteiger partial charge in [-0.1, -0.05) is 0 Å². The minimum atomic E-state index is -3.47. The van der Waals surface area contributed by atoms with Gasteiger partial charge < -0.3 is 4.90 Å².